The lowest BCUT2D eigenvalue weighted by Crippen LogP contribution is -2.43. The summed E-state index contributed by atoms with van der Waals surface area (Å²) in [5, 5.41) is 3.00. The molecule has 2 amide bonds. The van der Waals surface area contributed by atoms with Crippen LogP contribution < -0.4 is 19.5 Å². The van der Waals surface area contributed by atoms with Gasteiger partial charge in [-0.15, -0.1) is 0 Å². The summed E-state index contributed by atoms with van der Waals surface area (Å²) in [6.45, 7) is 0.506. The number of aromatic nitrogens is 1. The fourth-order valence-corrected chi connectivity index (χ4v) is 4.41. The van der Waals surface area contributed by atoms with Gasteiger partial charge < -0.3 is 24.4 Å². The van der Waals surface area contributed by atoms with E-state index in [0.717, 1.165) is 16.7 Å². The Morgan fingerprint density at radius 1 is 0.800 bits per heavy atom. The number of carbonyl (C=O) groups is 2. The van der Waals surface area contributed by atoms with Gasteiger partial charge in [0.2, 0.25) is 11.8 Å². The van der Waals surface area contributed by atoms with Crippen LogP contribution in [0.5, 0.6) is 17.2 Å². The molecule has 0 unspecified atom stereocenters. The third-order valence-electron chi connectivity index (χ3n) is 6.50. The summed E-state index contributed by atoms with van der Waals surface area (Å²) < 4.78 is 16.1. The molecule has 4 aromatic rings. The molecule has 1 heterocycles. The first-order valence-corrected chi connectivity index (χ1v) is 12.9. The fraction of sp³-hybridized carbons (Fsp3) is 0.219. The molecule has 0 fully saturated rings. The largest absolute Gasteiger partial charge is 0.497 e. The highest BCUT2D eigenvalue weighted by Crippen LogP contribution is 2.30. The van der Waals surface area contributed by atoms with E-state index in [1.165, 1.54) is 0 Å². The number of benzene rings is 3. The van der Waals surface area contributed by atoms with Gasteiger partial charge in [0.25, 0.3) is 0 Å². The minimum Gasteiger partial charge on any atom is -0.497 e. The monoisotopic (exact) mass is 539 g/mol. The molecule has 0 aliphatic carbocycles. The number of pyridine rings is 1. The second kappa shape index (κ2) is 13.8. The van der Waals surface area contributed by atoms with Gasteiger partial charge in [-0.2, -0.15) is 0 Å². The number of hydrogen-bond acceptors (Lipinski definition) is 6. The SMILES string of the molecule is COc1ccc(CN(C(=O)Cc2ccc(OC)c(OC)c2)[C@@H](C(=O)NCc2cccnc2)c2ccccc2)cc1. The Morgan fingerprint density at radius 2 is 1.52 bits per heavy atom. The minimum absolute atomic E-state index is 0.0652. The van der Waals surface area contributed by atoms with E-state index in [2.05, 4.69) is 10.3 Å². The molecule has 0 radical (unpaired) electrons. The Bertz CT molecular complexity index is 1400. The van der Waals surface area contributed by atoms with Crippen molar-refractivity contribution in [2.24, 2.45) is 0 Å². The number of ether oxygens (including phenoxy) is 3. The normalized spacial score (nSPS) is 11.3. The maximum Gasteiger partial charge on any atom is 0.247 e. The van der Waals surface area contributed by atoms with Gasteiger partial charge in [-0.3, -0.25) is 14.6 Å². The number of methoxy groups -OCH3 is 3. The number of carbonyl (C=O) groups excluding carboxylic acids is 2. The third-order valence-corrected chi connectivity index (χ3v) is 6.50. The number of rotatable bonds is 12. The van der Waals surface area contributed by atoms with Crippen molar-refractivity contribution >= 4 is 11.8 Å². The zero-order valence-corrected chi connectivity index (χ0v) is 22.9. The van der Waals surface area contributed by atoms with Crippen LogP contribution in [0.2, 0.25) is 0 Å². The zero-order valence-electron chi connectivity index (χ0n) is 22.9. The van der Waals surface area contributed by atoms with E-state index in [9.17, 15) is 9.59 Å². The van der Waals surface area contributed by atoms with E-state index in [1.54, 1.807) is 50.8 Å². The molecule has 0 aliphatic rings. The van der Waals surface area contributed by atoms with Crippen molar-refractivity contribution in [3.05, 3.63) is 120 Å². The van der Waals surface area contributed by atoms with E-state index >= 15 is 0 Å². The first kappa shape index (κ1) is 28.2. The second-order valence-corrected chi connectivity index (χ2v) is 9.13. The van der Waals surface area contributed by atoms with Crippen LogP contribution in [-0.4, -0.2) is 43.0 Å². The van der Waals surface area contributed by atoms with Crippen LogP contribution in [0.1, 0.15) is 28.3 Å². The maximum absolute atomic E-state index is 14.0. The molecular weight excluding hydrogens is 506 g/mol. The number of nitrogens with zero attached hydrogens (tertiary/aromatic N) is 2. The Kier molecular flexibility index (Phi) is 9.72. The molecule has 0 aliphatic heterocycles. The van der Waals surface area contributed by atoms with Gasteiger partial charge in [0.1, 0.15) is 11.8 Å². The fourth-order valence-electron chi connectivity index (χ4n) is 4.41. The summed E-state index contributed by atoms with van der Waals surface area (Å²) in [4.78, 5) is 33.6. The highest BCUT2D eigenvalue weighted by atomic mass is 16.5. The highest BCUT2D eigenvalue weighted by Gasteiger charge is 2.31. The van der Waals surface area contributed by atoms with E-state index in [-0.39, 0.29) is 31.3 Å². The highest BCUT2D eigenvalue weighted by molar-refractivity contribution is 5.89. The van der Waals surface area contributed by atoms with Gasteiger partial charge >= 0.3 is 0 Å². The molecule has 1 N–H and O–H groups in total. The quantitative estimate of drug-likeness (QED) is 0.280. The van der Waals surface area contributed by atoms with Crippen LogP contribution in [-0.2, 0) is 29.1 Å². The maximum atomic E-state index is 14.0. The van der Waals surface area contributed by atoms with E-state index in [1.807, 2.05) is 72.8 Å². The van der Waals surface area contributed by atoms with Crippen LogP contribution in [0.15, 0.2) is 97.3 Å². The third kappa shape index (κ3) is 7.17. The van der Waals surface area contributed by atoms with Gasteiger partial charge in [-0.1, -0.05) is 54.6 Å². The van der Waals surface area contributed by atoms with Crippen LogP contribution in [0.25, 0.3) is 0 Å². The zero-order chi connectivity index (χ0) is 28.3. The van der Waals surface area contributed by atoms with Gasteiger partial charge in [-0.25, -0.2) is 0 Å². The molecule has 40 heavy (non-hydrogen) atoms. The van der Waals surface area contributed by atoms with Gasteiger partial charge in [-0.05, 0) is 52.6 Å². The molecule has 206 valence electrons. The van der Waals surface area contributed by atoms with Gasteiger partial charge in [0.15, 0.2) is 11.5 Å². The Labute approximate surface area is 234 Å². The summed E-state index contributed by atoms with van der Waals surface area (Å²) in [5.74, 6) is 1.31. The molecule has 3 aromatic carbocycles. The van der Waals surface area contributed by atoms with Crippen molar-refractivity contribution < 1.29 is 23.8 Å². The molecule has 8 heteroatoms. The van der Waals surface area contributed by atoms with Crippen LogP contribution in [0.4, 0.5) is 0 Å². The molecule has 0 bridgehead atoms. The number of hydrogen-bond donors (Lipinski definition) is 1. The van der Waals surface area contributed by atoms with Gasteiger partial charge in [0, 0.05) is 25.5 Å². The Hall–Kier alpha value is -4.85. The molecule has 1 atom stereocenters. The first-order chi connectivity index (χ1) is 19.5. The Balaban J connectivity index is 1.69. The van der Waals surface area contributed by atoms with Crippen molar-refractivity contribution in [2.75, 3.05) is 21.3 Å². The lowest BCUT2D eigenvalue weighted by molar-refractivity contribution is -0.141. The molecule has 0 saturated heterocycles. The summed E-state index contributed by atoms with van der Waals surface area (Å²) in [6, 6.07) is 25.0. The number of nitrogens with one attached hydrogen (secondary N) is 1. The van der Waals surface area contributed by atoms with Crippen LogP contribution >= 0.6 is 0 Å². The van der Waals surface area contributed by atoms with Crippen molar-refractivity contribution in [2.45, 2.75) is 25.6 Å². The standard InChI is InChI=1S/C32H33N3O5/c1-38-27-14-11-23(12-15-27)22-35(30(36)19-24-13-16-28(39-2)29(18-24)40-3)31(26-9-5-4-6-10-26)32(37)34-21-25-8-7-17-33-20-25/h4-18,20,31H,19,21-22H2,1-3H3,(H,34,37)/t31-/m1/s1. The number of amides is 2. The van der Waals surface area contributed by atoms with Crippen molar-refractivity contribution in [1.29, 1.82) is 0 Å². The van der Waals surface area contributed by atoms with Crippen molar-refractivity contribution in [3.8, 4) is 17.2 Å². The Morgan fingerprint density at radius 3 is 2.17 bits per heavy atom. The van der Waals surface area contributed by atoms with E-state index in [4.69, 9.17) is 14.2 Å². The summed E-state index contributed by atoms with van der Waals surface area (Å²) in [5.41, 5.74) is 3.17. The lowest BCUT2D eigenvalue weighted by atomic mass is 10.0. The molecule has 0 saturated carbocycles. The predicted molar refractivity (Wildman–Crippen MR) is 152 cm³/mol. The smallest absolute Gasteiger partial charge is 0.247 e. The van der Waals surface area contributed by atoms with Crippen LogP contribution in [0.3, 0.4) is 0 Å². The molecule has 4 rings (SSSR count). The van der Waals surface area contributed by atoms with E-state index < -0.39 is 6.04 Å². The average Bonchev–Trinajstić information content (AvgIpc) is 3.01. The average molecular weight is 540 g/mol. The summed E-state index contributed by atoms with van der Waals surface area (Å²) >= 11 is 0. The molecule has 8 nitrogen and oxygen atoms in total. The predicted octanol–water partition coefficient (Wildman–Crippen LogP) is 4.74. The van der Waals surface area contributed by atoms with Gasteiger partial charge in [0.05, 0.1) is 27.8 Å². The van der Waals surface area contributed by atoms with Crippen LogP contribution in [0, 0.1) is 0 Å². The van der Waals surface area contributed by atoms with Crippen molar-refractivity contribution in [1.82, 2.24) is 15.2 Å². The minimum atomic E-state index is -0.868. The molecular formula is C32H33N3O5. The van der Waals surface area contributed by atoms with Crippen molar-refractivity contribution in [3.63, 3.8) is 0 Å². The first-order valence-electron chi connectivity index (χ1n) is 12.9. The lowest BCUT2D eigenvalue weighted by Gasteiger charge is -2.32. The summed E-state index contributed by atoms with van der Waals surface area (Å²) in [6.07, 6.45) is 3.45. The molecule has 1 aromatic heterocycles. The molecule has 0 spiro atoms. The second-order valence-electron chi connectivity index (χ2n) is 9.13. The summed E-state index contributed by atoms with van der Waals surface area (Å²) in [7, 11) is 4.72. The van der Waals surface area contributed by atoms with E-state index in [0.29, 0.717) is 22.8 Å². The topological polar surface area (TPSA) is 90.0 Å².